The topological polar surface area (TPSA) is 57.6 Å². The molecule has 0 spiro atoms. The van der Waals surface area contributed by atoms with Crippen molar-refractivity contribution in [2.75, 3.05) is 13.1 Å². The minimum Gasteiger partial charge on any atom is -0.481 e. The number of rotatable bonds is 3. The Morgan fingerprint density at radius 1 is 1.47 bits per heavy atom. The Hall–Kier alpha value is -1.36. The van der Waals surface area contributed by atoms with Gasteiger partial charge < -0.3 is 10.0 Å². The molecular formula is C14H17NO3S. The maximum absolute atomic E-state index is 12.5. The zero-order valence-corrected chi connectivity index (χ0v) is 11.7. The lowest BCUT2D eigenvalue weighted by Crippen LogP contribution is -2.34. The number of carbonyl (C=O) groups is 2. The molecule has 102 valence electrons. The van der Waals surface area contributed by atoms with Crippen molar-refractivity contribution >= 4 is 23.2 Å². The second kappa shape index (κ2) is 4.34. The van der Waals surface area contributed by atoms with Gasteiger partial charge in [0.15, 0.2) is 0 Å². The summed E-state index contributed by atoms with van der Waals surface area (Å²) in [7, 11) is 0. The Labute approximate surface area is 116 Å². The molecule has 2 heterocycles. The van der Waals surface area contributed by atoms with Crippen LogP contribution in [0.25, 0.3) is 0 Å². The lowest BCUT2D eigenvalue weighted by Gasteiger charge is -2.20. The fraction of sp³-hybridized carbons (Fsp3) is 0.571. The van der Waals surface area contributed by atoms with Crippen LogP contribution in [0, 0.1) is 5.41 Å². The van der Waals surface area contributed by atoms with Gasteiger partial charge in [-0.3, -0.25) is 9.59 Å². The van der Waals surface area contributed by atoms with E-state index in [0.29, 0.717) is 25.4 Å². The lowest BCUT2D eigenvalue weighted by molar-refractivity contribution is -0.147. The summed E-state index contributed by atoms with van der Waals surface area (Å²) in [5.74, 6) is -0.239. The monoisotopic (exact) mass is 279 g/mol. The summed E-state index contributed by atoms with van der Waals surface area (Å²) in [4.78, 5) is 26.3. The van der Waals surface area contributed by atoms with Gasteiger partial charge in [0, 0.05) is 13.1 Å². The number of likely N-dealkylation sites (tertiary alicyclic amines) is 1. The molecule has 2 aliphatic rings. The highest BCUT2D eigenvalue weighted by atomic mass is 32.1. The molecule has 1 aromatic rings. The van der Waals surface area contributed by atoms with Crippen molar-refractivity contribution in [3.8, 4) is 0 Å². The van der Waals surface area contributed by atoms with Gasteiger partial charge in [-0.05, 0) is 49.1 Å². The Kier molecular flexibility index (Phi) is 2.89. The van der Waals surface area contributed by atoms with E-state index < -0.39 is 11.4 Å². The van der Waals surface area contributed by atoms with Gasteiger partial charge >= 0.3 is 5.97 Å². The summed E-state index contributed by atoms with van der Waals surface area (Å²) >= 11 is 1.48. The van der Waals surface area contributed by atoms with E-state index in [1.165, 1.54) is 29.7 Å². The minimum atomic E-state index is -0.809. The molecule has 1 saturated carbocycles. The van der Waals surface area contributed by atoms with Crippen LogP contribution in [0.15, 0.2) is 11.4 Å². The summed E-state index contributed by atoms with van der Waals surface area (Å²) in [5, 5.41) is 11.2. The molecule has 19 heavy (non-hydrogen) atoms. The van der Waals surface area contributed by atoms with E-state index in [9.17, 15) is 14.7 Å². The Bertz CT molecular complexity index is 535. The van der Waals surface area contributed by atoms with Crippen LogP contribution in [0.2, 0.25) is 0 Å². The molecule has 0 bridgehead atoms. The van der Waals surface area contributed by atoms with E-state index in [1.807, 2.05) is 11.4 Å². The molecule has 0 unspecified atom stereocenters. The minimum absolute atomic E-state index is 0.0156. The predicted octanol–water partition coefficient (Wildman–Crippen LogP) is 2.56. The molecule has 1 amide bonds. The molecular weight excluding hydrogens is 262 g/mol. The first-order chi connectivity index (χ1) is 9.01. The van der Waals surface area contributed by atoms with Crippen molar-refractivity contribution in [3.05, 3.63) is 21.9 Å². The molecule has 1 aliphatic carbocycles. The van der Waals surface area contributed by atoms with Gasteiger partial charge in [0.05, 0.1) is 10.3 Å². The molecule has 1 N–H and O–H groups in total. The summed E-state index contributed by atoms with van der Waals surface area (Å²) in [5.41, 5.74) is 0.381. The average Bonchev–Trinajstić information content (AvgIpc) is 2.96. The molecule has 2 fully saturated rings. The van der Waals surface area contributed by atoms with Crippen molar-refractivity contribution in [3.63, 3.8) is 0 Å². The van der Waals surface area contributed by atoms with Gasteiger partial charge in [0.1, 0.15) is 0 Å². The smallest absolute Gasteiger partial charge is 0.311 e. The summed E-state index contributed by atoms with van der Waals surface area (Å²) in [6.45, 7) is 2.59. The second-order valence-corrected chi connectivity index (χ2v) is 6.74. The zero-order chi connectivity index (χ0) is 13.6. The highest BCUT2D eigenvalue weighted by molar-refractivity contribution is 7.12. The quantitative estimate of drug-likeness (QED) is 0.925. The number of hydrogen-bond acceptors (Lipinski definition) is 3. The first-order valence-corrected chi connectivity index (χ1v) is 7.49. The largest absolute Gasteiger partial charge is 0.481 e. The van der Waals surface area contributed by atoms with Gasteiger partial charge in [-0.25, -0.2) is 0 Å². The molecule has 1 atom stereocenters. The number of hydrogen-bond donors (Lipinski definition) is 1. The number of carboxylic acids is 1. The molecule has 4 nitrogen and oxygen atoms in total. The molecule has 1 aliphatic heterocycles. The highest BCUT2D eigenvalue weighted by Gasteiger charge is 2.43. The van der Waals surface area contributed by atoms with Crippen molar-refractivity contribution in [2.45, 2.75) is 32.1 Å². The van der Waals surface area contributed by atoms with Gasteiger partial charge in [-0.1, -0.05) is 0 Å². The van der Waals surface area contributed by atoms with Crippen LogP contribution >= 0.6 is 11.3 Å². The fourth-order valence-corrected chi connectivity index (χ4v) is 3.61. The van der Waals surface area contributed by atoms with E-state index in [1.54, 1.807) is 11.8 Å². The Balaban J connectivity index is 1.78. The van der Waals surface area contributed by atoms with Crippen molar-refractivity contribution < 1.29 is 14.7 Å². The molecule has 1 aromatic heterocycles. The van der Waals surface area contributed by atoms with E-state index in [2.05, 4.69) is 0 Å². The molecule has 3 rings (SSSR count). The van der Waals surface area contributed by atoms with E-state index in [-0.39, 0.29) is 5.91 Å². The SMILES string of the molecule is C[C@]1(C(=O)O)CCN(C(=O)c2sccc2C2CC2)C1. The molecule has 5 heteroatoms. The van der Waals surface area contributed by atoms with Crippen LogP contribution in [-0.2, 0) is 4.79 Å². The Morgan fingerprint density at radius 3 is 2.79 bits per heavy atom. The predicted molar refractivity (Wildman–Crippen MR) is 72.6 cm³/mol. The number of nitrogens with zero attached hydrogens (tertiary/aromatic N) is 1. The standard InChI is InChI=1S/C14H17NO3S/c1-14(13(17)18)5-6-15(8-14)12(16)11-10(4-7-19-11)9-2-3-9/h4,7,9H,2-3,5-6,8H2,1H3,(H,17,18)/t14-/m0/s1. The average molecular weight is 279 g/mol. The molecule has 1 saturated heterocycles. The van der Waals surface area contributed by atoms with Crippen LogP contribution in [-0.4, -0.2) is 35.0 Å². The van der Waals surface area contributed by atoms with Gasteiger partial charge in [-0.15, -0.1) is 11.3 Å². The number of thiophene rings is 1. The van der Waals surface area contributed by atoms with Crippen LogP contribution in [0.5, 0.6) is 0 Å². The first kappa shape index (κ1) is 12.7. The van der Waals surface area contributed by atoms with Gasteiger partial charge in [0.25, 0.3) is 5.91 Å². The number of amides is 1. The second-order valence-electron chi connectivity index (χ2n) is 5.82. The third-order valence-corrected chi connectivity index (χ3v) is 5.10. The highest BCUT2D eigenvalue weighted by Crippen LogP contribution is 2.44. The van der Waals surface area contributed by atoms with Crippen molar-refractivity contribution in [2.24, 2.45) is 5.41 Å². The molecule has 0 aromatic carbocycles. The third kappa shape index (κ3) is 2.16. The maximum atomic E-state index is 12.5. The van der Waals surface area contributed by atoms with E-state index in [4.69, 9.17) is 0 Å². The maximum Gasteiger partial charge on any atom is 0.311 e. The van der Waals surface area contributed by atoms with Crippen molar-refractivity contribution in [1.29, 1.82) is 0 Å². The van der Waals surface area contributed by atoms with Crippen LogP contribution in [0.3, 0.4) is 0 Å². The summed E-state index contributed by atoms with van der Waals surface area (Å²) in [6, 6.07) is 2.04. The third-order valence-electron chi connectivity index (χ3n) is 4.18. The fourth-order valence-electron chi connectivity index (χ4n) is 2.66. The lowest BCUT2D eigenvalue weighted by atomic mass is 9.90. The summed E-state index contributed by atoms with van der Waals surface area (Å²) < 4.78 is 0. The van der Waals surface area contributed by atoms with Crippen LogP contribution < -0.4 is 0 Å². The van der Waals surface area contributed by atoms with E-state index >= 15 is 0 Å². The van der Waals surface area contributed by atoms with Gasteiger partial charge in [-0.2, -0.15) is 0 Å². The summed E-state index contributed by atoms with van der Waals surface area (Å²) in [6.07, 6.45) is 2.88. The normalized spacial score (nSPS) is 26.7. The number of carboxylic acid groups (broad SMARTS) is 1. The van der Waals surface area contributed by atoms with Crippen molar-refractivity contribution in [1.82, 2.24) is 4.90 Å². The Morgan fingerprint density at radius 2 is 2.21 bits per heavy atom. The van der Waals surface area contributed by atoms with E-state index in [0.717, 1.165) is 4.88 Å². The molecule has 0 radical (unpaired) electrons. The van der Waals surface area contributed by atoms with Crippen LogP contribution in [0.4, 0.5) is 0 Å². The van der Waals surface area contributed by atoms with Gasteiger partial charge in [0.2, 0.25) is 0 Å². The zero-order valence-electron chi connectivity index (χ0n) is 10.9. The number of carbonyl (C=O) groups excluding carboxylic acids is 1. The first-order valence-electron chi connectivity index (χ1n) is 6.61. The number of aliphatic carboxylic acids is 1. The van der Waals surface area contributed by atoms with Crippen LogP contribution in [0.1, 0.15) is 47.3 Å².